The van der Waals surface area contributed by atoms with Crippen LogP contribution in [0.1, 0.15) is 50.4 Å². The van der Waals surface area contributed by atoms with Crippen LogP contribution in [0.15, 0.2) is 28.8 Å². The second-order valence-corrected chi connectivity index (χ2v) is 5.31. The van der Waals surface area contributed by atoms with E-state index in [-0.39, 0.29) is 5.92 Å². The molecule has 2 rings (SSSR count). The Morgan fingerprint density at radius 1 is 1.24 bits per heavy atom. The Balaban J connectivity index is 1.82. The first-order valence-corrected chi connectivity index (χ1v) is 7.44. The topological polar surface area (TPSA) is 60.2 Å². The van der Waals surface area contributed by atoms with E-state index in [0.717, 1.165) is 25.3 Å². The molecule has 0 bridgehead atoms. The Morgan fingerprint density at radius 3 is 2.62 bits per heavy atom. The molecule has 2 aromatic rings. The first-order chi connectivity index (χ1) is 10.2. The Labute approximate surface area is 125 Å². The summed E-state index contributed by atoms with van der Waals surface area (Å²) in [5.74, 6) is 2.29. The minimum atomic E-state index is 0.261. The van der Waals surface area contributed by atoms with Crippen LogP contribution in [0.5, 0.6) is 5.75 Å². The molecule has 0 fully saturated rings. The fourth-order valence-corrected chi connectivity index (χ4v) is 1.82. The third kappa shape index (κ3) is 4.86. The van der Waals surface area contributed by atoms with E-state index in [1.54, 1.807) is 0 Å². The fraction of sp³-hybridized carbons (Fsp3) is 0.500. The average molecular weight is 289 g/mol. The maximum absolute atomic E-state index is 5.65. The number of benzene rings is 1. The van der Waals surface area contributed by atoms with Gasteiger partial charge in [-0.1, -0.05) is 38.1 Å². The van der Waals surface area contributed by atoms with Gasteiger partial charge in [-0.05, 0) is 30.7 Å². The van der Waals surface area contributed by atoms with Crippen molar-refractivity contribution in [2.24, 2.45) is 0 Å². The molecule has 0 radical (unpaired) electrons. The molecular weight excluding hydrogens is 266 g/mol. The van der Waals surface area contributed by atoms with Crippen LogP contribution in [0, 0.1) is 0 Å². The first kappa shape index (κ1) is 15.5. The second kappa shape index (κ2) is 7.78. The quantitative estimate of drug-likeness (QED) is 0.756. The minimum Gasteiger partial charge on any atom is -0.484 e. The van der Waals surface area contributed by atoms with Crippen molar-refractivity contribution in [3.8, 4) is 5.75 Å². The molecule has 1 aromatic carbocycles. The minimum absolute atomic E-state index is 0.261. The van der Waals surface area contributed by atoms with Gasteiger partial charge in [0.1, 0.15) is 5.75 Å². The Bertz CT molecular complexity index is 535. The summed E-state index contributed by atoms with van der Waals surface area (Å²) in [6.45, 7) is 8.43. The van der Waals surface area contributed by atoms with Gasteiger partial charge in [0.05, 0.1) is 0 Å². The van der Waals surface area contributed by atoms with E-state index >= 15 is 0 Å². The zero-order chi connectivity index (χ0) is 15.1. The van der Waals surface area contributed by atoms with Gasteiger partial charge in [-0.25, -0.2) is 0 Å². The van der Waals surface area contributed by atoms with Gasteiger partial charge < -0.3 is 14.6 Å². The van der Waals surface area contributed by atoms with E-state index in [0.29, 0.717) is 18.3 Å². The molecule has 0 aliphatic carbocycles. The van der Waals surface area contributed by atoms with Crippen LogP contribution in [-0.2, 0) is 13.2 Å². The van der Waals surface area contributed by atoms with Crippen LogP contribution < -0.4 is 10.1 Å². The lowest BCUT2D eigenvalue weighted by molar-refractivity contribution is 0.242. The summed E-state index contributed by atoms with van der Waals surface area (Å²) >= 11 is 0. The van der Waals surface area contributed by atoms with Crippen molar-refractivity contribution in [3.63, 3.8) is 0 Å². The predicted octanol–water partition coefficient (Wildman–Crippen LogP) is 3.27. The van der Waals surface area contributed by atoms with Gasteiger partial charge in [-0.15, -0.1) is 0 Å². The molecule has 0 spiro atoms. The Hall–Kier alpha value is -1.88. The molecule has 0 unspecified atom stereocenters. The second-order valence-electron chi connectivity index (χ2n) is 5.31. The number of nitrogens with one attached hydrogen (secondary N) is 1. The van der Waals surface area contributed by atoms with Crippen LogP contribution >= 0.6 is 0 Å². The molecule has 1 N–H and O–H groups in total. The van der Waals surface area contributed by atoms with Gasteiger partial charge in [0.15, 0.2) is 12.4 Å². The molecule has 5 heteroatoms. The van der Waals surface area contributed by atoms with Gasteiger partial charge in [0.2, 0.25) is 0 Å². The molecule has 0 saturated heterocycles. The molecule has 0 amide bonds. The van der Waals surface area contributed by atoms with Gasteiger partial charge in [0, 0.05) is 12.5 Å². The maximum Gasteiger partial charge on any atom is 0.264 e. The van der Waals surface area contributed by atoms with Gasteiger partial charge in [-0.3, -0.25) is 0 Å². The smallest absolute Gasteiger partial charge is 0.264 e. The summed E-state index contributed by atoms with van der Waals surface area (Å²) < 4.78 is 10.8. The van der Waals surface area contributed by atoms with Crippen LogP contribution in [0.25, 0.3) is 0 Å². The average Bonchev–Trinajstić information content (AvgIpc) is 2.96. The number of hydrogen-bond acceptors (Lipinski definition) is 5. The highest BCUT2D eigenvalue weighted by Crippen LogP contribution is 2.15. The Morgan fingerprint density at radius 2 is 2.00 bits per heavy atom. The van der Waals surface area contributed by atoms with Crippen molar-refractivity contribution in [3.05, 3.63) is 41.5 Å². The summed E-state index contributed by atoms with van der Waals surface area (Å²) in [7, 11) is 0. The lowest BCUT2D eigenvalue weighted by Crippen LogP contribution is -2.13. The van der Waals surface area contributed by atoms with Crippen molar-refractivity contribution in [1.29, 1.82) is 0 Å². The van der Waals surface area contributed by atoms with E-state index in [1.165, 1.54) is 5.56 Å². The molecule has 1 aromatic heterocycles. The van der Waals surface area contributed by atoms with Crippen LogP contribution in [-0.4, -0.2) is 16.7 Å². The van der Waals surface area contributed by atoms with Crippen LogP contribution in [0.3, 0.4) is 0 Å². The van der Waals surface area contributed by atoms with E-state index < -0.39 is 0 Å². The lowest BCUT2D eigenvalue weighted by Gasteiger charge is -2.06. The predicted molar refractivity (Wildman–Crippen MR) is 81.2 cm³/mol. The third-order valence-electron chi connectivity index (χ3n) is 3.04. The summed E-state index contributed by atoms with van der Waals surface area (Å²) in [5.41, 5.74) is 1.25. The lowest BCUT2D eigenvalue weighted by atomic mass is 10.2. The standard InChI is InChI=1S/C16H23N3O2/c1-4-9-17-10-13-5-7-14(8-6-13)20-11-15-18-16(12(2)3)19-21-15/h5-8,12,17H,4,9-11H2,1-3H3. The van der Waals surface area contributed by atoms with E-state index in [4.69, 9.17) is 9.26 Å². The highest BCUT2D eigenvalue weighted by atomic mass is 16.5. The zero-order valence-electron chi connectivity index (χ0n) is 12.9. The third-order valence-corrected chi connectivity index (χ3v) is 3.04. The van der Waals surface area contributed by atoms with Crippen molar-refractivity contribution >= 4 is 0 Å². The van der Waals surface area contributed by atoms with Gasteiger partial charge >= 0.3 is 0 Å². The molecule has 1 heterocycles. The van der Waals surface area contributed by atoms with Gasteiger partial charge in [0.25, 0.3) is 5.89 Å². The molecule has 0 aliphatic heterocycles. The zero-order valence-corrected chi connectivity index (χ0v) is 12.9. The fourth-order valence-electron chi connectivity index (χ4n) is 1.82. The normalized spacial score (nSPS) is 11.0. The van der Waals surface area contributed by atoms with Crippen LogP contribution in [0.4, 0.5) is 0 Å². The molecular formula is C16H23N3O2. The van der Waals surface area contributed by atoms with Crippen molar-refractivity contribution in [2.45, 2.75) is 46.3 Å². The molecule has 0 saturated carbocycles. The largest absolute Gasteiger partial charge is 0.484 e. The Kier molecular flexibility index (Phi) is 5.75. The number of hydrogen-bond donors (Lipinski definition) is 1. The number of ether oxygens (including phenoxy) is 1. The van der Waals surface area contributed by atoms with Crippen molar-refractivity contribution in [2.75, 3.05) is 6.54 Å². The number of rotatable bonds is 8. The monoisotopic (exact) mass is 289 g/mol. The van der Waals surface area contributed by atoms with Crippen molar-refractivity contribution < 1.29 is 9.26 Å². The highest BCUT2D eigenvalue weighted by Gasteiger charge is 2.09. The number of nitrogens with zero attached hydrogens (tertiary/aromatic N) is 2. The van der Waals surface area contributed by atoms with Gasteiger partial charge in [-0.2, -0.15) is 4.98 Å². The van der Waals surface area contributed by atoms with E-state index in [1.807, 2.05) is 26.0 Å². The summed E-state index contributed by atoms with van der Waals surface area (Å²) in [5, 5.41) is 7.28. The molecule has 114 valence electrons. The highest BCUT2D eigenvalue weighted by molar-refractivity contribution is 5.27. The summed E-state index contributed by atoms with van der Waals surface area (Å²) in [6, 6.07) is 8.04. The first-order valence-electron chi connectivity index (χ1n) is 7.44. The molecule has 5 nitrogen and oxygen atoms in total. The molecule has 21 heavy (non-hydrogen) atoms. The van der Waals surface area contributed by atoms with E-state index in [9.17, 15) is 0 Å². The maximum atomic E-state index is 5.65. The number of aromatic nitrogens is 2. The van der Waals surface area contributed by atoms with E-state index in [2.05, 4.69) is 34.5 Å². The summed E-state index contributed by atoms with van der Waals surface area (Å²) in [6.07, 6.45) is 1.14. The molecule has 0 aliphatic rings. The van der Waals surface area contributed by atoms with Crippen molar-refractivity contribution in [1.82, 2.24) is 15.5 Å². The van der Waals surface area contributed by atoms with Crippen LogP contribution in [0.2, 0.25) is 0 Å². The SMILES string of the molecule is CCCNCc1ccc(OCc2nc(C(C)C)no2)cc1. The summed E-state index contributed by atoms with van der Waals surface area (Å²) in [4.78, 5) is 4.28. The molecule has 0 atom stereocenters.